The van der Waals surface area contributed by atoms with Crippen molar-refractivity contribution in [2.75, 3.05) is 0 Å². The van der Waals surface area contributed by atoms with Gasteiger partial charge in [0.25, 0.3) is 0 Å². The summed E-state index contributed by atoms with van der Waals surface area (Å²) in [4.78, 5) is 11.4. The summed E-state index contributed by atoms with van der Waals surface area (Å²) in [6.07, 6.45) is 1.03. The van der Waals surface area contributed by atoms with Crippen molar-refractivity contribution in [3.05, 3.63) is 48.0 Å². The van der Waals surface area contributed by atoms with Crippen LogP contribution in [0.3, 0.4) is 0 Å². The van der Waals surface area contributed by atoms with Crippen LogP contribution >= 0.6 is 0 Å². The molecule has 0 unspecified atom stereocenters. The standard InChI is InChI=1S/C16H18N2O2/c1-16(2,3)20-15(19)18-17-11-12-8-9-13-6-4-5-7-14(13)10-12/h4-11H,1-3H3,(H,18,19)/b17-11+. The van der Waals surface area contributed by atoms with Gasteiger partial charge in [0, 0.05) is 0 Å². The number of benzene rings is 2. The molecule has 0 aliphatic heterocycles. The first-order chi connectivity index (χ1) is 9.44. The molecule has 0 radical (unpaired) electrons. The number of amides is 1. The predicted molar refractivity (Wildman–Crippen MR) is 80.9 cm³/mol. The third kappa shape index (κ3) is 4.09. The van der Waals surface area contributed by atoms with Crippen molar-refractivity contribution in [2.45, 2.75) is 26.4 Å². The van der Waals surface area contributed by atoms with Crippen molar-refractivity contribution >= 4 is 23.1 Å². The number of carbonyl (C=O) groups excluding carboxylic acids is 1. The maximum absolute atomic E-state index is 11.4. The van der Waals surface area contributed by atoms with E-state index in [1.807, 2.05) is 36.4 Å². The molecular weight excluding hydrogens is 252 g/mol. The lowest BCUT2D eigenvalue weighted by Gasteiger charge is -2.18. The molecule has 2 aromatic rings. The van der Waals surface area contributed by atoms with Gasteiger partial charge in [0.15, 0.2) is 0 Å². The fourth-order valence-electron chi connectivity index (χ4n) is 1.75. The van der Waals surface area contributed by atoms with Gasteiger partial charge in [-0.2, -0.15) is 5.10 Å². The van der Waals surface area contributed by atoms with Crippen LogP contribution in [0, 0.1) is 0 Å². The molecule has 0 saturated heterocycles. The summed E-state index contributed by atoms with van der Waals surface area (Å²) < 4.78 is 5.08. The van der Waals surface area contributed by atoms with Gasteiger partial charge < -0.3 is 4.74 Å². The Kier molecular flexibility index (Phi) is 4.03. The molecule has 104 valence electrons. The van der Waals surface area contributed by atoms with E-state index >= 15 is 0 Å². The molecule has 4 nitrogen and oxygen atoms in total. The molecule has 0 aliphatic rings. The Morgan fingerprint density at radius 1 is 1.15 bits per heavy atom. The molecule has 0 spiro atoms. The highest BCUT2D eigenvalue weighted by atomic mass is 16.6. The number of hydrogen-bond acceptors (Lipinski definition) is 3. The Bertz CT molecular complexity index is 642. The van der Waals surface area contributed by atoms with Crippen LogP contribution in [-0.4, -0.2) is 17.9 Å². The first-order valence-corrected chi connectivity index (χ1v) is 6.45. The van der Waals surface area contributed by atoms with E-state index in [0.29, 0.717) is 0 Å². The van der Waals surface area contributed by atoms with Crippen molar-refractivity contribution in [2.24, 2.45) is 5.10 Å². The molecule has 0 heterocycles. The van der Waals surface area contributed by atoms with Crippen LogP contribution in [0.5, 0.6) is 0 Å². The number of hydrazone groups is 1. The Labute approximate surface area is 118 Å². The van der Waals surface area contributed by atoms with Crippen molar-refractivity contribution < 1.29 is 9.53 Å². The van der Waals surface area contributed by atoms with Gasteiger partial charge in [-0.25, -0.2) is 10.2 Å². The predicted octanol–water partition coefficient (Wildman–Crippen LogP) is 3.70. The van der Waals surface area contributed by atoms with E-state index in [4.69, 9.17) is 4.74 Å². The van der Waals surface area contributed by atoms with Crippen LogP contribution in [0.15, 0.2) is 47.6 Å². The third-order valence-electron chi connectivity index (χ3n) is 2.54. The van der Waals surface area contributed by atoms with Crippen molar-refractivity contribution in [1.82, 2.24) is 5.43 Å². The average Bonchev–Trinajstić information content (AvgIpc) is 2.36. The Morgan fingerprint density at radius 2 is 1.85 bits per heavy atom. The minimum absolute atomic E-state index is 0.525. The summed E-state index contributed by atoms with van der Waals surface area (Å²) in [6.45, 7) is 5.42. The van der Waals surface area contributed by atoms with E-state index in [1.165, 1.54) is 5.39 Å². The quantitative estimate of drug-likeness (QED) is 0.668. The smallest absolute Gasteiger partial charge is 0.428 e. The molecule has 0 saturated carbocycles. The molecule has 0 atom stereocenters. The fourth-order valence-corrected chi connectivity index (χ4v) is 1.75. The SMILES string of the molecule is CC(C)(C)OC(=O)N/N=C/c1ccc2ccccc2c1. The summed E-state index contributed by atoms with van der Waals surface area (Å²) in [7, 11) is 0. The summed E-state index contributed by atoms with van der Waals surface area (Å²) in [6, 6.07) is 14.0. The zero-order chi connectivity index (χ0) is 14.6. The van der Waals surface area contributed by atoms with Gasteiger partial charge in [-0.05, 0) is 43.2 Å². The summed E-state index contributed by atoms with van der Waals surface area (Å²) >= 11 is 0. The molecule has 1 amide bonds. The highest BCUT2D eigenvalue weighted by Crippen LogP contribution is 2.14. The van der Waals surface area contributed by atoms with E-state index in [9.17, 15) is 4.79 Å². The molecule has 20 heavy (non-hydrogen) atoms. The van der Waals surface area contributed by atoms with Crippen LogP contribution < -0.4 is 5.43 Å². The number of rotatable bonds is 2. The van der Waals surface area contributed by atoms with E-state index < -0.39 is 11.7 Å². The summed E-state index contributed by atoms with van der Waals surface area (Å²) in [5.41, 5.74) is 2.74. The van der Waals surface area contributed by atoms with Gasteiger partial charge in [0.1, 0.15) is 5.60 Å². The van der Waals surface area contributed by atoms with E-state index in [-0.39, 0.29) is 0 Å². The second-order valence-electron chi connectivity index (χ2n) is 5.48. The topological polar surface area (TPSA) is 50.7 Å². The normalized spacial score (nSPS) is 11.8. The van der Waals surface area contributed by atoms with Crippen LogP contribution in [-0.2, 0) is 4.74 Å². The Morgan fingerprint density at radius 3 is 2.55 bits per heavy atom. The fraction of sp³-hybridized carbons (Fsp3) is 0.250. The zero-order valence-electron chi connectivity index (χ0n) is 11.9. The Balaban J connectivity index is 2.01. The Hall–Kier alpha value is -2.36. The minimum atomic E-state index is -0.561. The van der Waals surface area contributed by atoms with Gasteiger partial charge >= 0.3 is 6.09 Å². The molecule has 0 fully saturated rings. The largest absolute Gasteiger partial charge is 0.443 e. The number of nitrogens with zero attached hydrogens (tertiary/aromatic N) is 1. The van der Waals surface area contributed by atoms with Crippen molar-refractivity contribution in [3.8, 4) is 0 Å². The van der Waals surface area contributed by atoms with E-state index in [2.05, 4.69) is 16.6 Å². The van der Waals surface area contributed by atoms with Gasteiger partial charge in [-0.3, -0.25) is 0 Å². The molecule has 2 aromatic carbocycles. The monoisotopic (exact) mass is 270 g/mol. The van der Waals surface area contributed by atoms with Crippen LogP contribution in [0.25, 0.3) is 10.8 Å². The molecule has 0 aromatic heterocycles. The number of carbonyl (C=O) groups is 1. The minimum Gasteiger partial charge on any atom is -0.443 e. The second kappa shape index (κ2) is 5.74. The van der Waals surface area contributed by atoms with Crippen molar-refractivity contribution in [1.29, 1.82) is 0 Å². The molecule has 0 aliphatic carbocycles. The number of ether oxygens (including phenoxy) is 1. The molecule has 0 bridgehead atoms. The number of hydrogen-bond donors (Lipinski definition) is 1. The van der Waals surface area contributed by atoms with Gasteiger partial charge in [-0.15, -0.1) is 0 Å². The summed E-state index contributed by atoms with van der Waals surface area (Å²) in [5, 5.41) is 6.19. The molecule has 1 N–H and O–H groups in total. The first kappa shape index (κ1) is 14.1. The molecular formula is C16H18N2O2. The zero-order valence-corrected chi connectivity index (χ0v) is 11.9. The lowest BCUT2D eigenvalue weighted by molar-refractivity contribution is 0.0529. The average molecular weight is 270 g/mol. The van der Waals surface area contributed by atoms with Crippen LogP contribution in [0.1, 0.15) is 26.3 Å². The summed E-state index contributed by atoms with van der Waals surface area (Å²) in [5.74, 6) is 0. The van der Waals surface area contributed by atoms with Gasteiger partial charge in [0.2, 0.25) is 0 Å². The lowest BCUT2D eigenvalue weighted by Crippen LogP contribution is -2.29. The van der Waals surface area contributed by atoms with Gasteiger partial charge in [0.05, 0.1) is 6.21 Å². The van der Waals surface area contributed by atoms with Crippen molar-refractivity contribution in [3.63, 3.8) is 0 Å². The van der Waals surface area contributed by atoms with Crippen LogP contribution in [0.4, 0.5) is 4.79 Å². The number of nitrogens with one attached hydrogen (secondary N) is 1. The second-order valence-corrected chi connectivity index (χ2v) is 5.48. The van der Waals surface area contributed by atoms with Crippen LogP contribution in [0.2, 0.25) is 0 Å². The van der Waals surface area contributed by atoms with E-state index in [1.54, 1.807) is 27.0 Å². The highest BCUT2D eigenvalue weighted by molar-refractivity contribution is 5.90. The molecule has 2 rings (SSSR count). The third-order valence-corrected chi connectivity index (χ3v) is 2.54. The lowest BCUT2D eigenvalue weighted by atomic mass is 10.1. The maximum Gasteiger partial charge on any atom is 0.428 e. The number of fused-ring (bicyclic) bond motifs is 1. The first-order valence-electron chi connectivity index (χ1n) is 6.45. The van der Waals surface area contributed by atoms with E-state index in [0.717, 1.165) is 10.9 Å². The highest BCUT2D eigenvalue weighted by Gasteiger charge is 2.15. The molecule has 4 heteroatoms. The maximum atomic E-state index is 11.4. The van der Waals surface area contributed by atoms with Gasteiger partial charge in [-0.1, -0.05) is 36.4 Å².